The fraction of sp³-hybridized carbons (Fsp3) is 0.0833. The topological polar surface area (TPSA) is 26.0 Å². The number of nitrogens with zero attached hydrogens (tertiary/aromatic N) is 1. The summed E-state index contributed by atoms with van der Waals surface area (Å²) >= 11 is 0. The third-order valence-corrected chi connectivity index (χ3v) is 2.46. The zero-order chi connectivity index (χ0) is 9.54. The van der Waals surface area contributed by atoms with Crippen LogP contribution >= 0.6 is 0 Å². The number of hydrogen-bond acceptors (Lipinski definition) is 2. The number of fused-ring (bicyclic) bond motifs is 3. The summed E-state index contributed by atoms with van der Waals surface area (Å²) in [6.45, 7) is 2.08. The summed E-state index contributed by atoms with van der Waals surface area (Å²) in [5.41, 5.74) is 3.94. The molecule has 3 rings (SSSR count). The smallest absolute Gasteiger partial charge is 0.153 e. The second-order valence-corrected chi connectivity index (χ2v) is 3.40. The van der Waals surface area contributed by atoms with Crippen LogP contribution in [0.15, 0.2) is 40.9 Å². The Bertz CT molecular complexity index is 610. The van der Waals surface area contributed by atoms with Crippen LogP contribution in [0.4, 0.5) is 0 Å². The lowest BCUT2D eigenvalue weighted by molar-refractivity contribution is 0.668. The molecule has 0 spiro atoms. The highest BCUT2D eigenvalue weighted by Gasteiger charge is 2.08. The van der Waals surface area contributed by atoms with Gasteiger partial charge in [0.05, 0.1) is 0 Å². The minimum atomic E-state index is 0.858. The molecule has 0 amide bonds. The van der Waals surface area contributed by atoms with Crippen molar-refractivity contribution in [3.05, 3.63) is 42.1 Å². The van der Waals surface area contributed by atoms with Gasteiger partial charge in [-0.25, -0.2) is 0 Å². The van der Waals surface area contributed by atoms with Crippen LogP contribution in [0, 0.1) is 6.92 Å². The van der Waals surface area contributed by atoms with Crippen molar-refractivity contribution in [2.45, 2.75) is 6.92 Å². The zero-order valence-corrected chi connectivity index (χ0v) is 7.82. The summed E-state index contributed by atoms with van der Waals surface area (Å²) in [7, 11) is 0. The van der Waals surface area contributed by atoms with Gasteiger partial charge in [0.1, 0.15) is 11.1 Å². The van der Waals surface area contributed by atoms with Crippen LogP contribution in [-0.4, -0.2) is 4.98 Å². The van der Waals surface area contributed by atoms with Gasteiger partial charge < -0.3 is 4.42 Å². The van der Waals surface area contributed by atoms with E-state index in [4.69, 9.17) is 4.42 Å². The van der Waals surface area contributed by atoms with E-state index in [0.29, 0.717) is 0 Å². The summed E-state index contributed by atoms with van der Waals surface area (Å²) in [6.07, 6.45) is 1.80. The van der Waals surface area contributed by atoms with Crippen molar-refractivity contribution in [2.75, 3.05) is 0 Å². The van der Waals surface area contributed by atoms with Crippen LogP contribution in [0.5, 0.6) is 0 Å². The largest absolute Gasteiger partial charge is 0.454 e. The van der Waals surface area contributed by atoms with Crippen LogP contribution in [-0.2, 0) is 0 Å². The highest BCUT2D eigenvalue weighted by atomic mass is 16.3. The maximum atomic E-state index is 5.67. The highest BCUT2D eigenvalue weighted by molar-refractivity contribution is 6.03. The molecule has 2 nitrogen and oxygen atoms in total. The molecular weight excluding hydrogens is 174 g/mol. The quantitative estimate of drug-likeness (QED) is 0.534. The van der Waals surface area contributed by atoms with E-state index in [9.17, 15) is 0 Å². The van der Waals surface area contributed by atoms with Gasteiger partial charge in [0.2, 0.25) is 0 Å². The van der Waals surface area contributed by atoms with Crippen molar-refractivity contribution < 1.29 is 4.42 Å². The van der Waals surface area contributed by atoms with Crippen LogP contribution in [0.2, 0.25) is 0 Å². The third-order valence-electron chi connectivity index (χ3n) is 2.46. The minimum Gasteiger partial charge on any atom is -0.454 e. The first-order valence-electron chi connectivity index (χ1n) is 4.59. The molecule has 14 heavy (non-hydrogen) atoms. The molecule has 0 N–H and O–H groups in total. The van der Waals surface area contributed by atoms with Crippen molar-refractivity contribution in [1.29, 1.82) is 0 Å². The first kappa shape index (κ1) is 7.56. The maximum Gasteiger partial charge on any atom is 0.153 e. The average molecular weight is 183 g/mol. The number of furan rings is 1. The predicted octanol–water partition coefficient (Wildman–Crippen LogP) is 3.29. The molecule has 0 atom stereocenters. The Balaban J connectivity index is 2.65. The summed E-state index contributed by atoms with van der Waals surface area (Å²) in [5, 5.41) is 1.13. The molecule has 2 aromatic heterocycles. The van der Waals surface area contributed by atoms with Crippen molar-refractivity contribution in [1.82, 2.24) is 4.98 Å². The Labute approximate surface area is 81.2 Å². The van der Waals surface area contributed by atoms with Gasteiger partial charge in [-0.3, -0.25) is 4.98 Å². The lowest BCUT2D eigenvalue weighted by atomic mass is 10.1. The first-order chi connectivity index (χ1) is 6.86. The molecule has 2 heterocycles. The lowest BCUT2D eigenvalue weighted by Crippen LogP contribution is -1.75. The number of aryl methyl sites for hydroxylation is 1. The fourth-order valence-corrected chi connectivity index (χ4v) is 1.81. The van der Waals surface area contributed by atoms with E-state index in [2.05, 4.69) is 18.0 Å². The summed E-state index contributed by atoms with van der Waals surface area (Å²) in [5.74, 6) is 0. The van der Waals surface area contributed by atoms with Crippen molar-refractivity contribution in [2.24, 2.45) is 0 Å². The van der Waals surface area contributed by atoms with Gasteiger partial charge >= 0.3 is 0 Å². The maximum absolute atomic E-state index is 5.67. The number of hydrogen-bond donors (Lipinski definition) is 0. The van der Waals surface area contributed by atoms with Crippen LogP contribution in [0.1, 0.15) is 5.56 Å². The molecular formula is C12H9NO. The van der Waals surface area contributed by atoms with E-state index in [1.807, 2.05) is 24.3 Å². The number of pyridine rings is 1. The summed E-state index contributed by atoms with van der Waals surface area (Å²) in [6, 6.07) is 9.89. The number of rotatable bonds is 0. The third kappa shape index (κ3) is 0.880. The van der Waals surface area contributed by atoms with Crippen molar-refractivity contribution in [3.8, 4) is 0 Å². The van der Waals surface area contributed by atoms with Crippen LogP contribution in [0.3, 0.4) is 0 Å². The molecule has 0 bridgehead atoms. The Hall–Kier alpha value is -1.83. The molecule has 0 saturated heterocycles. The fourth-order valence-electron chi connectivity index (χ4n) is 1.81. The monoisotopic (exact) mass is 183 g/mol. The van der Waals surface area contributed by atoms with Gasteiger partial charge in [-0.1, -0.05) is 12.1 Å². The second kappa shape index (κ2) is 2.58. The van der Waals surface area contributed by atoms with E-state index in [0.717, 1.165) is 22.1 Å². The Kier molecular flexibility index (Phi) is 1.39. The Morgan fingerprint density at radius 3 is 2.86 bits per heavy atom. The molecule has 2 heteroatoms. The van der Waals surface area contributed by atoms with Gasteiger partial charge in [0.25, 0.3) is 0 Å². The predicted molar refractivity (Wildman–Crippen MR) is 56.3 cm³/mol. The standard InChI is InChI=1S/C12H9NO/c1-8-4-2-5-9-11(8)12-10(14-9)6-3-7-13-12/h2-7H,1H3. The van der Waals surface area contributed by atoms with Crippen LogP contribution in [0.25, 0.3) is 22.1 Å². The molecule has 1 aromatic carbocycles. The summed E-state index contributed by atoms with van der Waals surface area (Å²) in [4.78, 5) is 4.34. The Morgan fingerprint density at radius 1 is 1.07 bits per heavy atom. The minimum absolute atomic E-state index is 0.858. The van der Waals surface area contributed by atoms with E-state index >= 15 is 0 Å². The van der Waals surface area contributed by atoms with E-state index in [1.165, 1.54) is 5.56 Å². The van der Waals surface area contributed by atoms with Gasteiger partial charge in [0, 0.05) is 11.6 Å². The van der Waals surface area contributed by atoms with E-state index < -0.39 is 0 Å². The van der Waals surface area contributed by atoms with E-state index in [1.54, 1.807) is 6.20 Å². The van der Waals surface area contributed by atoms with Crippen molar-refractivity contribution in [3.63, 3.8) is 0 Å². The molecule has 0 saturated carbocycles. The van der Waals surface area contributed by atoms with Gasteiger partial charge in [-0.05, 0) is 30.7 Å². The van der Waals surface area contributed by atoms with Crippen LogP contribution < -0.4 is 0 Å². The Morgan fingerprint density at radius 2 is 1.93 bits per heavy atom. The molecule has 68 valence electrons. The van der Waals surface area contributed by atoms with E-state index in [-0.39, 0.29) is 0 Å². The molecule has 0 radical (unpaired) electrons. The molecule has 0 unspecified atom stereocenters. The zero-order valence-electron chi connectivity index (χ0n) is 7.82. The van der Waals surface area contributed by atoms with Gasteiger partial charge in [-0.2, -0.15) is 0 Å². The normalized spacial score (nSPS) is 11.2. The average Bonchev–Trinajstić information content (AvgIpc) is 2.57. The lowest BCUT2D eigenvalue weighted by Gasteiger charge is -1.92. The molecule has 0 aliphatic rings. The molecule has 0 aliphatic heterocycles. The molecule has 3 aromatic rings. The number of aromatic nitrogens is 1. The second-order valence-electron chi connectivity index (χ2n) is 3.40. The van der Waals surface area contributed by atoms with Crippen molar-refractivity contribution >= 4 is 22.1 Å². The van der Waals surface area contributed by atoms with Gasteiger partial charge in [0.15, 0.2) is 5.58 Å². The molecule has 0 fully saturated rings. The van der Waals surface area contributed by atoms with Gasteiger partial charge in [-0.15, -0.1) is 0 Å². The molecule has 0 aliphatic carbocycles. The highest BCUT2D eigenvalue weighted by Crippen LogP contribution is 2.28. The first-order valence-corrected chi connectivity index (χ1v) is 4.59. The summed E-state index contributed by atoms with van der Waals surface area (Å²) < 4.78 is 5.67. The SMILES string of the molecule is Cc1cccc2oc3cccnc3c12. The number of benzene rings is 1.